The molecular weight excluding hydrogens is 362 g/mol. The molecule has 1 aromatic carbocycles. The second-order valence-corrected chi connectivity index (χ2v) is 6.30. The summed E-state index contributed by atoms with van der Waals surface area (Å²) in [5.74, 6) is 0.863. The molecule has 0 unspecified atom stereocenters. The second-order valence-electron chi connectivity index (χ2n) is 6.30. The molecule has 4 rings (SSSR count). The number of anilines is 1. The number of nitrogens with one attached hydrogen (secondary N) is 1. The number of amides is 1. The van der Waals surface area contributed by atoms with E-state index < -0.39 is 0 Å². The maximum atomic E-state index is 12.3. The fourth-order valence-electron chi connectivity index (χ4n) is 2.74. The van der Waals surface area contributed by atoms with Gasteiger partial charge in [-0.05, 0) is 43.7 Å². The van der Waals surface area contributed by atoms with Crippen LogP contribution in [0.4, 0.5) is 5.69 Å². The van der Waals surface area contributed by atoms with E-state index in [9.17, 15) is 9.59 Å². The summed E-state index contributed by atoms with van der Waals surface area (Å²) in [6.45, 7) is 3.71. The molecule has 28 heavy (non-hydrogen) atoms. The minimum Gasteiger partial charge on any atom is -0.485 e. The third-order valence-corrected chi connectivity index (χ3v) is 4.03. The molecule has 3 heterocycles. The number of aryl methyl sites for hydroxylation is 2. The van der Waals surface area contributed by atoms with Crippen LogP contribution in [0.1, 0.15) is 27.6 Å². The Morgan fingerprint density at radius 1 is 1.21 bits per heavy atom. The summed E-state index contributed by atoms with van der Waals surface area (Å²) in [6.07, 6.45) is 1.43. The van der Waals surface area contributed by atoms with Crippen LogP contribution in [0.15, 0.2) is 62.5 Å². The predicted octanol–water partition coefficient (Wildman–Crippen LogP) is 3.33. The van der Waals surface area contributed by atoms with E-state index in [4.69, 9.17) is 13.7 Å². The molecule has 0 atom stereocenters. The SMILES string of the molecule is Cc1ccc(NC(=O)c2ccco2)c(OCc2cc(=O)n3oc(C)cc3n2)c1. The maximum Gasteiger partial charge on any atom is 0.291 e. The zero-order valence-electron chi connectivity index (χ0n) is 15.3. The summed E-state index contributed by atoms with van der Waals surface area (Å²) in [5.41, 5.74) is 1.99. The van der Waals surface area contributed by atoms with Crippen molar-refractivity contribution in [1.82, 2.24) is 9.56 Å². The predicted molar refractivity (Wildman–Crippen MR) is 101 cm³/mol. The lowest BCUT2D eigenvalue weighted by atomic mass is 10.2. The molecule has 0 fully saturated rings. The second kappa shape index (κ2) is 7.07. The molecule has 4 aromatic rings. The molecule has 1 amide bonds. The number of rotatable bonds is 5. The quantitative estimate of drug-likeness (QED) is 0.571. The van der Waals surface area contributed by atoms with Crippen molar-refractivity contribution < 1.29 is 18.5 Å². The van der Waals surface area contributed by atoms with Crippen molar-refractivity contribution in [2.24, 2.45) is 0 Å². The average molecular weight is 379 g/mol. The summed E-state index contributed by atoms with van der Waals surface area (Å²) in [7, 11) is 0. The first-order valence-electron chi connectivity index (χ1n) is 8.57. The lowest BCUT2D eigenvalue weighted by Gasteiger charge is -2.12. The first-order chi connectivity index (χ1) is 13.5. The van der Waals surface area contributed by atoms with Gasteiger partial charge in [0, 0.05) is 12.1 Å². The van der Waals surface area contributed by atoms with Gasteiger partial charge in [-0.1, -0.05) is 6.07 Å². The van der Waals surface area contributed by atoms with Gasteiger partial charge in [0.25, 0.3) is 11.5 Å². The standard InChI is InChI=1S/C20H17N3O5/c1-12-5-6-15(22-20(25)16-4-3-7-26-16)17(8-12)27-11-14-10-19(24)23-18(21-14)9-13(2)28-23/h3-10H,11H2,1-2H3,(H,22,25). The summed E-state index contributed by atoms with van der Waals surface area (Å²) >= 11 is 0. The van der Waals surface area contributed by atoms with Gasteiger partial charge < -0.3 is 19.0 Å². The van der Waals surface area contributed by atoms with Crippen LogP contribution >= 0.6 is 0 Å². The molecule has 8 heteroatoms. The van der Waals surface area contributed by atoms with E-state index >= 15 is 0 Å². The van der Waals surface area contributed by atoms with E-state index in [0.717, 1.165) is 10.1 Å². The Labute approximate surface area is 159 Å². The Hall–Kier alpha value is -3.81. The third-order valence-electron chi connectivity index (χ3n) is 4.03. The molecule has 142 valence electrons. The fraction of sp³-hybridized carbons (Fsp3) is 0.150. The number of hydrogen-bond donors (Lipinski definition) is 1. The Bertz CT molecular complexity index is 1200. The van der Waals surface area contributed by atoms with Crippen LogP contribution in [0.25, 0.3) is 5.65 Å². The molecular formula is C20H17N3O5. The van der Waals surface area contributed by atoms with Gasteiger partial charge in [0.05, 0.1) is 17.6 Å². The van der Waals surface area contributed by atoms with E-state index in [2.05, 4.69) is 10.3 Å². The summed E-state index contributed by atoms with van der Waals surface area (Å²) < 4.78 is 17.4. The van der Waals surface area contributed by atoms with E-state index in [0.29, 0.717) is 28.5 Å². The Morgan fingerprint density at radius 2 is 2.07 bits per heavy atom. The lowest BCUT2D eigenvalue weighted by molar-refractivity contribution is 0.0996. The van der Waals surface area contributed by atoms with Crippen molar-refractivity contribution in [3.8, 4) is 5.75 Å². The van der Waals surface area contributed by atoms with Gasteiger partial charge in [0.1, 0.15) is 18.1 Å². The first kappa shape index (κ1) is 17.6. The third kappa shape index (κ3) is 3.52. The number of nitrogens with zero attached hydrogens (tertiary/aromatic N) is 2. The number of benzene rings is 1. The van der Waals surface area contributed by atoms with Gasteiger partial charge in [0.2, 0.25) is 0 Å². The summed E-state index contributed by atoms with van der Waals surface area (Å²) in [5, 5.41) is 2.76. The van der Waals surface area contributed by atoms with Crippen molar-refractivity contribution in [1.29, 1.82) is 0 Å². The van der Waals surface area contributed by atoms with Crippen LogP contribution in [0, 0.1) is 13.8 Å². The van der Waals surface area contributed by atoms with Crippen LogP contribution in [0.2, 0.25) is 0 Å². The number of carbonyl (C=O) groups is 1. The van der Waals surface area contributed by atoms with Crippen LogP contribution < -0.4 is 15.6 Å². The molecule has 0 aliphatic carbocycles. The number of fused-ring (bicyclic) bond motifs is 1. The monoisotopic (exact) mass is 379 g/mol. The summed E-state index contributed by atoms with van der Waals surface area (Å²) in [6, 6.07) is 11.6. The molecule has 3 aromatic heterocycles. The molecule has 0 bridgehead atoms. The van der Waals surface area contributed by atoms with Gasteiger partial charge in [-0.2, -0.15) is 0 Å². The maximum absolute atomic E-state index is 12.3. The smallest absolute Gasteiger partial charge is 0.291 e. The molecule has 0 spiro atoms. The average Bonchev–Trinajstić information content (AvgIpc) is 3.31. The highest BCUT2D eigenvalue weighted by Crippen LogP contribution is 2.27. The van der Waals surface area contributed by atoms with Crippen LogP contribution in [0.3, 0.4) is 0 Å². The van der Waals surface area contributed by atoms with E-state index in [1.165, 1.54) is 12.3 Å². The van der Waals surface area contributed by atoms with Crippen molar-refractivity contribution >= 4 is 17.2 Å². The van der Waals surface area contributed by atoms with Crippen molar-refractivity contribution in [2.45, 2.75) is 20.5 Å². The number of carbonyl (C=O) groups excluding carboxylic acids is 1. The van der Waals surface area contributed by atoms with Crippen molar-refractivity contribution in [3.05, 3.63) is 81.9 Å². The number of aromatic nitrogens is 2. The zero-order chi connectivity index (χ0) is 19.7. The van der Waals surface area contributed by atoms with Gasteiger partial charge >= 0.3 is 0 Å². The van der Waals surface area contributed by atoms with Gasteiger partial charge in [-0.3, -0.25) is 9.59 Å². The number of ether oxygens (including phenoxy) is 1. The highest BCUT2D eigenvalue weighted by atomic mass is 16.5. The molecule has 0 radical (unpaired) electrons. The van der Waals surface area contributed by atoms with Crippen molar-refractivity contribution in [2.75, 3.05) is 5.32 Å². The molecule has 0 aliphatic rings. The Morgan fingerprint density at radius 3 is 2.86 bits per heavy atom. The molecule has 8 nitrogen and oxygen atoms in total. The lowest BCUT2D eigenvalue weighted by Crippen LogP contribution is -2.15. The first-order valence-corrected chi connectivity index (χ1v) is 8.57. The topological polar surface area (TPSA) is 99.0 Å². The number of hydrogen-bond acceptors (Lipinski definition) is 6. The highest BCUT2D eigenvalue weighted by molar-refractivity contribution is 6.03. The molecule has 1 N–H and O–H groups in total. The minimum absolute atomic E-state index is 0.0586. The zero-order valence-corrected chi connectivity index (χ0v) is 15.3. The van der Waals surface area contributed by atoms with E-state index in [1.807, 2.05) is 13.0 Å². The summed E-state index contributed by atoms with van der Waals surface area (Å²) in [4.78, 5) is 28.7. The Balaban J connectivity index is 1.57. The largest absolute Gasteiger partial charge is 0.485 e. The molecule has 0 saturated heterocycles. The fourth-order valence-corrected chi connectivity index (χ4v) is 2.74. The van der Waals surface area contributed by atoms with E-state index in [-0.39, 0.29) is 23.8 Å². The van der Waals surface area contributed by atoms with E-state index in [1.54, 1.807) is 37.3 Å². The highest BCUT2D eigenvalue weighted by Gasteiger charge is 2.13. The van der Waals surface area contributed by atoms with Gasteiger partial charge in [0.15, 0.2) is 11.4 Å². The van der Waals surface area contributed by atoms with Crippen LogP contribution in [0.5, 0.6) is 5.75 Å². The van der Waals surface area contributed by atoms with Gasteiger partial charge in [-0.15, -0.1) is 4.57 Å². The van der Waals surface area contributed by atoms with Crippen LogP contribution in [-0.4, -0.2) is 15.5 Å². The Kier molecular flexibility index (Phi) is 4.44. The molecule has 0 saturated carbocycles. The van der Waals surface area contributed by atoms with Gasteiger partial charge in [-0.25, -0.2) is 4.98 Å². The van der Waals surface area contributed by atoms with Crippen LogP contribution in [-0.2, 0) is 6.61 Å². The minimum atomic E-state index is -0.384. The van der Waals surface area contributed by atoms with Crippen molar-refractivity contribution in [3.63, 3.8) is 0 Å². The molecule has 0 aliphatic heterocycles. The number of furan rings is 1. The normalized spacial score (nSPS) is 10.9.